The lowest BCUT2D eigenvalue weighted by molar-refractivity contribution is 0.496. The number of nitrogens with two attached hydrogens (primary N) is 1. The van der Waals surface area contributed by atoms with E-state index >= 15 is 0 Å². The summed E-state index contributed by atoms with van der Waals surface area (Å²) >= 11 is 2.66. The number of hydrogen-bond acceptors (Lipinski definition) is 1. The Hall–Kier alpha value is -0.710. The van der Waals surface area contributed by atoms with Gasteiger partial charge in [0.05, 0.1) is 10.2 Å². The smallest absolute Gasteiger partial charge is 0.183 e. The molecule has 0 radical (unpaired) electrons. The number of nitrogen functional groups attached to an aromatic ring is 1. The standard InChI is InChI=1S/C6H3BrF3N/c7-4-2(8)1-3(9)5(10)6(4)11/h1H,11H2. The molecule has 0 aliphatic carbocycles. The largest absolute Gasteiger partial charge is 0.395 e. The van der Waals surface area contributed by atoms with Crippen molar-refractivity contribution >= 4 is 21.6 Å². The summed E-state index contributed by atoms with van der Waals surface area (Å²) in [7, 11) is 0. The summed E-state index contributed by atoms with van der Waals surface area (Å²) in [5.74, 6) is -3.44. The highest BCUT2D eigenvalue weighted by Crippen LogP contribution is 2.27. The normalized spacial score (nSPS) is 10.2. The van der Waals surface area contributed by atoms with Crippen molar-refractivity contribution in [2.75, 3.05) is 5.73 Å². The van der Waals surface area contributed by atoms with Gasteiger partial charge in [-0.2, -0.15) is 0 Å². The first-order chi connectivity index (χ1) is 5.04. The first kappa shape index (κ1) is 8.39. The number of rotatable bonds is 0. The lowest BCUT2D eigenvalue weighted by Crippen LogP contribution is -1.98. The van der Waals surface area contributed by atoms with Gasteiger partial charge in [0.2, 0.25) is 0 Å². The Balaban J connectivity index is 3.46. The average molecular weight is 226 g/mol. The predicted molar refractivity (Wildman–Crippen MR) is 38.4 cm³/mol. The van der Waals surface area contributed by atoms with E-state index in [1.807, 2.05) is 0 Å². The van der Waals surface area contributed by atoms with Gasteiger partial charge in [0.1, 0.15) is 5.82 Å². The maximum Gasteiger partial charge on any atom is 0.183 e. The SMILES string of the molecule is Nc1c(F)c(F)cc(F)c1Br. The fourth-order valence-electron chi connectivity index (χ4n) is 0.592. The first-order valence-corrected chi connectivity index (χ1v) is 3.41. The van der Waals surface area contributed by atoms with E-state index in [9.17, 15) is 13.2 Å². The highest BCUT2D eigenvalue weighted by Gasteiger charge is 2.13. The molecule has 0 amide bonds. The van der Waals surface area contributed by atoms with E-state index in [1.54, 1.807) is 0 Å². The van der Waals surface area contributed by atoms with Crippen LogP contribution in [0.25, 0.3) is 0 Å². The monoisotopic (exact) mass is 225 g/mol. The Morgan fingerprint density at radius 3 is 2.27 bits per heavy atom. The van der Waals surface area contributed by atoms with Crippen molar-refractivity contribution < 1.29 is 13.2 Å². The van der Waals surface area contributed by atoms with Crippen LogP contribution in [0.15, 0.2) is 10.5 Å². The third-order valence-corrected chi connectivity index (χ3v) is 1.95. The highest BCUT2D eigenvalue weighted by molar-refractivity contribution is 9.10. The second-order valence-corrected chi connectivity index (χ2v) is 2.67. The van der Waals surface area contributed by atoms with E-state index < -0.39 is 23.1 Å². The lowest BCUT2D eigenvalue weighted by atomic mass is 10.3. The van der Waals surface area contributed by atoms with Gasteiger partial charge >= 0.3 is 0 Å². The van der Waals surface area contributed by atoms with Crippen LogP contribution in [-0.4, -0.2) is 0 Å². The lowest BCUT2D eigenvalue weighted by Gasteiger charge is -2.01. The molecule has 0 aliphatic heterocycles. The molecule has 11 heavy (non-hydrogen) atoms. The summed E-state index contributed by atoms with van der Waals surface area (Å²) in [6.07, 6.45) is 0. The molecule has 0 saturated heterocycles. The molecular weight excluding hydrogens is 223 g/mol. The fourth-order valence-corrected chi connectivity index (χ4v) is 0.880. The molecule has 0 heterocycles. The molecule has 1 aromatic carbocycles. The zero-order valence-corrected chi connectivity index (χ0v) is 6.75. The van der Waals surface area contributed by atoms with E-state index in [0.717, 1.165) is 0 Å². The van der Waals surface area contributed by atoms with Gasteiger partial charge in [-0.3, -0.25) is 0 Å². The molecule has 0 bridgehead atoms. The maximum absolute atomic E-state index is 12.5. The van der Waals surface area contributed by atoms with E-state index in [-0.39, 0.29) is 4.47 Å². The summed E-state index contributed by atoms with van der Waals surface area (Å²) in [6.45, 7) is 0. The predicted octanol–water partition coefficient (Wildman–Crippen LogP) is 2.45. The van der Waals surface area contributed by atoms with Crippen molar-refractivity contribution in [3.8, 4) is 0 Å². The minimum absolute atomic E-state index is 0.253. The van der Waals surface area contributed by atoms with Crippen LogP contribution in [0.3, 0.4) is 0 Å². The third-order valence-electron chi connectivity index (χ3n) is 1.15. The highest BCUT2D eigenvalue weighted by atomic mass is 79.9. The Morgan fingerprint density at radius 2 is 1.73 bits per heavy atom. The molecule has 0 atom stereocenters. The van der Waals surface area contributed by atoms with Crippen molar-refractivity contribution in [3.63, 3.8) is 0 Å². The molecule has 0 fully saturated rings. The van der Waals surface area contributed by atoms with Crippen LogP contribution in [-0.2, 0) is 0 Å². The molecule has 1 rings (SSSR count). The molecule has 5 heteroatoms. The second kappa shape index (κ2) is 2.73. The summed E-state index contributed by atoms with van der Waals surface area (Å²) in [5.41, 5.74) is 4.43. The van der Waals surface area contributed by atoms with Gasteiger partial charge in [0, 0.05) is 6.07 Å². The van der Waals surface area contributed by atoms with Crippen molar-refractivity contribution in [2.45, 2.75) is 0 Å². The molecule has 60 valence electrons. The van der Waals surface area contributed by atoms with Crippen LogP contribution in [0, 0.1) is 17.5 Å². The summed E-state index contributed by atoms with van der Waals surface area (Å²) < 4.78 is 37.0. The van der Waals surface area contributed by atoms with Gasteiger partial charge in [-0.1, -0.05) is 0 Å². The van der Waals surface area contributed by atoms with Crippen molar-refractivity contribution in [1.82, 2.24) is 0 Å². The quantitative estimate of drug-likeness (QED) is 0.533. The molecule has 0 aliphatic rings. The van der Waals surface area contributed by atoms with Crippen molar-refractivity contribution in [3.05, 3.63) is 28.0 Å². The number of anilines is 1. The molecular formula is C6H3BrF3N. The molecule has 0 unspecified atom stereocenters. The van der Waals surface area contributed by atoms with Crippen LogP contribution in [0.5, 0.6) is 0 Å². The van der Waals surface area contributed by atoms with Crippen molar-refractivity contribution in [2.24, 2.45) is 0 Å². The third kappa shape index (κ3) is 1.33. The average Bonchev–Trinajstić information content (AvgIpc) is 1.97. The van der Waals surface area contributed by atoms with E-state index in [1.165, 1.54) is 0 Å². The zero-order valence-electron chi connectivity index (χ0n) is 5.17. The Labute approximate surface area is 69.1 Å². The summed E-state index contributed by atoms with van der Waals surface area (Å²) in [6, 6.07) is 0.426. The topological polar surface area (TPSA) is 26.0 Å². The van der Waals surface area contributed by atoms with Gasteiger partial charge in [0.15, 0.2) is 11.6 Å². The fraction of sp³-hybridized carbons (Fsp3) is 0. The second-order valence-electron chi connectivity index (χ2n) is 1.88. The Morgan fingerprint density at radius 1 is 1.18 bits per heavy atom. The molecule has 1 aromatic rings. The van der Waals surface area contributed by atoms with Crippen LogP contribution < -0.4 is 5.73 Å². The van der Waals surface area contributed by atoms with E-state index in [0.29, 0.717) is 6.07 Å². The van der Waals surface area contributed by atoms with Gasteiger partial charge in [-0.25, -0.2) is 13.2 Å². The first-order valence-electron chi connectivity index (χ1n) is 2.62. The minimum Gasteiger partial charge on any atom is -0.395 e. The Kier molecular flexibility index (Phi) is 2.08. The van der Waals surface area contributed by atoms with E-state index in [2.05, 4.69) is 15.9 Å². The van der Waals surface area contributed by atoms with Crippen LogP contribution in [0.1, 0.15) is 0 Å². The van der Waals surface area contributed by atoms with Crippen LogP contribution >= 0.6 is 15.9 Å². The van der Waals surface area contributed by atoms with E-state index in [4.69, 9.17) is 5.73 Å². The van der Waals surface area contributed by atoms with Crippen LogP contribution in [0.2, 0.25) is 0 Å². The van der Waals surface area contributed by atoms with Gasteiger partial charge in [-0.05, 0) is 15.9 Å². The summed E-state index contributed by atoms with van der Waals surface area (Å²) in [5, 5.41) is 0. The summed E-state index contributed by atoms with van der Waals surface area (Å²) in [4.78, 5) is 0. The van der Waals surface area contributed by atoms with Gasteiger partial charge in [0.25, 0.3) is 0 Å². The Bertz CT molecular complexity index is 274. The van der Waals surface area contributed by atoms with Crippen LogP contribution in [0.4, 0.5) is 18.9 Å². The number of hydrogen-bond donors (Lipinski definition) is 1. The molecule has 2 N–H and O–H groups in total. The number of benzene rings is 1. The minimum atomic E-state index is -1.29. The molecule has 0 saturated carbocycles. The molecule has 1 nitrogen and oxygen atoms in total. The van der Waals surface area contributed by atoms with Crippen molar-refractivity contribution in [1.29, 1.82) is 0 Å². The van der Waals surface area contributed by atoms with Gasteiger partial charge in [-0.15, -0.1) is 0 Å². The number of halogens is 4. The zero-order chi connectivity index (χ0) is 8.59. The molecule has 0 aromatic heterocycles. The molecule has 0 spiro atoms. The van der Waals surface area contributed by atoms with Gasteiger partial charge < -0.3 is 5.73 Å². The maximum atomic E-state index is 12.5.